The number of aryl methyl sites for hydroxylation is 1. The van der Waals surface area contributed by atoms with Crippen molar-refractivity contribution >= 4 is 30.1 Å². The molecule has 0 bridgehead atoms. The molecule has 0 saturated heterocycles. The zero-order chi connectivity index (χ0) is 21.6. The summed E-state index contributed by atoms with van der Waals surface area (Å²) in [5.41, 5.74) is 1.93. The fraction of sp³-hybridized carbons (Fsp3) is 0.348. The molecule has 2 rings (SSSR count). The van der Waals surface area contributed by atoms with Crippen LogP contribution in [0.1, 0.15) is 59.5 Å². The van der Waals surface area contributed by atoms with Gasteiger partial charge in [-0.25, -0.2) is 4.79 Å². The van der Waals surface area contributed by atoms with Crippen molar-refractivity contribution in [3.8, 4) is 5.75 Å². The van der Waals surface area contributed by atoms with Crippen LogP contribution in [0.15, 0.2) is 42.5 Å². The zero-order valence-corrected chi connectivity index (χ0v) is 18.7. The molecule has 2 aromatic rings. The number of Topliss-reactive ketones (excluding diaryl/α,β-unsaturated/α-hetero) is 1. The van der Waals surface area contributed by atoms with Crippen molar-refractivity contribution in [2.75, 3.05) is 6.54 Å². The Morgan fingerprint density at radius 1 is 1.03 bits per heavy atom. The fourth-order valence-electron chi connectivity index (χ4n) is 2.55. The molecule has 30 heavy (non-hydrogen) atoms. The molecule has 162 valence electrons. The number of rotatable bonds is 7. The van der Waals surface area contributed by atoms with Crippen molar-refractivity contribution < 1.29 is 23.9 Å². The van der Waals surface area contributed by atoms with Gasteiger partial charge in [0.1, 0.15) is 12.4 Å². The average molecular weight is 434 g/mol. The molecule has 2 aromatic carbocycles. The molecule has 0 fully saturated rings. The Bertz CT molecular complexity index is 918. The van der Waals surface area contributed by atoms with Crippen LogP contribution in [-0.4, -0.2) is 29.8 Å². The first-order valence-electron chi connectivity index (χ1n) is 9.39. The second-order valence-electron chi connectivity index (χ2n) is 7.83. The summed E-state index contributed by atoms with van der Waals surface area (Å²) in [5.74, 6) is -0.839. The first-order chi connectivity index (χ1) is 13.6. The lowest BCUT2D eigenvalue weighted by Crippen LogP contribution is -2.39. The van der Waals surface area contributed by atoms with Crippen LogP contribution in [-0.2, 0) is 16.1 Å². The summed E-state index contributed by atoms with van der Waals surface area (Å²) in [4.78, 5) is 36.3. The number of ketones is 1. The summed E-state index contributed by atoms with van der Waals surface area (Å²) in [6.45, 7) is 9.10. The Morgan fingerprint density at radius 2 is 1.70 bits per heavy atom. The minimum Gasteiger partial charge on any atom is -0.461 e. The van der Waals surface area contributed by atoms with Gasteiger partial charge < -0.3 is 14.8 Å². The summed E-state index contributed by atoms with van der Waals surface area (Å²) >= 11 is 0. The first-order valence-corrected chi connectivity index (χ1v) is 9.39. The molecule has 0 radical (unpaired) electrons. The van der Waals surface area contributed by atoms with E-state index in [1.54, 1.807) is 30.3 Å². The molecule has 0 aromatic heterocycles. The summed E-state index contributed by atoms with van der Waals surface area (Å²) in [6, 6.07) is 11.8. The lowest BCUT2D eigenvalue weighted by molar-refractivity contribution is -0.142. The lowest BCUT2D eigenvalue weighted by atomic mass is 10.0. The minimum atomic E-state index is -0.513. The first kappa shape index (κ1) is 25.3. The largest absolute Gasteiger partial charge is 0.461 e. The molecule has 0 aliphatic rings. The topological polar surface area (TPSA) is 81.7 Å². The molecule has 7 heteroatoms. The number of esters is 2. The minimum absolute atomic E-state index is 0. The molecule has 0 aliphatic heterocycles. The van der Waals surface area contributed by atoms with Crippen LogP contribution in [0.2, 0.25) is 0 Å². The Labute approximate surface area is 183 Å². The molecule has 0 saturated carbocycles. The third-order valence-corrected chi connectivity index (χ3v) is 4.16. The van der Waals surface area contributed by atoms with E-state index in [2.05, 4.69) is 5.32 Å². The fourth-order valence-corrected chi connectivity index (χ4v) is 2.55. The molecule has 0 aliphatic carbocycles. The van der Waals surface area contributed by atoms with Crippen LogP contribution in [0.3, 0.4) is 0 Å². The maximum absolute atomic E-state index is 12.6. The molecule has 0 heterocycles. The van der Waals surface area contributed by atoms with E-state index in [-0.39, 0.29) is 42.6 Å². The zero-order valence-electron chi connectivity index (χ0n) is 17.9. The van der Waals surface area contributed by atoms with E-state index in [4.69, 9.17) is 9.47 Å². The highest BCUT2D eigenvalue weighted by Gasteiger charge is 2.18. The highest BCUT2D eigenvalue weighted by atomic mass is 35.5. The molecule has 0 atom stereocenters. The number of nitrogens with one attached hydrogen (secondary N) is 1. The van der Waals surface area contributed by atoms with Crippen molar-refractivity contribution in [1.29, 1.82) is 0 Å². The lowest BCUT2D eigenvalue weighted by Gasteiger charge is -2.20. The van der Waals surface area contributed by atoms with Gasteiger partial charge in [-0.3, -0.25) is 9.59 Å². The summed E-state index contributed by atoms with van der Waals surface area (Å²) in [7, 11) is 0. The van der Waals surface area contributed by atoms with Gasteiger partial charge in [-0.1, -0.05) is 18.2 Å². The normalized spacial score (nSPS) is 10.7. The second kappa shape index (κ2) is 10.9. The number of carbonyl (C=O) groups is 3. The van der Waals surface area contributed by atoms with Crippen LogP contribution in [0.5, 0.6) is 5.75 Å². The van der Waals surface area contributed by atoms with Gasteiger partial charge in [0.15, 0.2) is 5.78 Å². The predicted molar refractivity (Wildman–Crippen MR) is 117 cm³/mol. The van der Waals surface area contributed by atoms with E-state index >= 15 is 0 Å². The number of carbonyl (C=O) groups excluding carboxylic acids is 3. The van der Waals surface area contributed by atoms with Crippen LogP contribution in [0.25, 0.3) is 0 Å². The second-order valence-corrected chi connectivity index (χ2v) is 7.83. The van der Waals surface area contributed by atoms with Crippen LogP contribution in [0, 0.1) is 6.92 Å². The van der Waals surface area contributed by atoms with Gasteiger partial charge in [0.2, 0.25) is 0 Å². The van der Waals surface area contributed by atoms with Gasteiger partial charge in [-0.15, -0.1) is 12.4 Å². The van der Waals surface area contributed by atoms with E-state index < -0.39 is 11.9 Å². The van der Waals surface area contributed by atoms with Crippen LogP contribution >= 0.6 is 12.4 Å². The maximum atomic E-state index is 12.6. The van der Waals surface area contributed by atoms with E-state index in [1.807, 2.05) is 39.8 Å². The highest BCUT2D eigenvalue weighted by Crippen LogP contribution is 2.23. The summed E-state index contributed by atoms with van der Waals surface area (Å²) in [6.07, 6.45) is 0. The third kappa shape index (κ3) is 7.61. The van der Waals surface area contributed by atoms with E-state index in [1.165, 1.54) is 6.92 Å². The van der Waals surface area contributed by atoms with Gasteiger partial charge >= 0.3 is 11.9 Å². The molecular weight excluding hydrogens is 406 g/mol. The Morgan fingerprint density at radius 3 is 2.30 bits per heavy atom. The Hall–Kier alpha value is -2.70. The van der Waals surface area contributed by atoms with Gasteiger partial charge in [-0.2, -0.15) is 0 Å². The van der Waals surface area contributed by atoms with Crippen molar-refractivity contribution in [3.05, 3.63) is 64.7 Å². The van der Waals surface area contributed by atoms with Crippen molar-refractivity contribution in [1.82, 2.24) is 5.32 Å². The number of hydrogen-bond donors (Lipinski definition) is 1. The van der Waals surface area contributed by atoms with Crippen LogP contribution < -0.4 is 10.1 Å². The number of ether oxygens (including phenoxy) is 2. The monoisotopic (exact) mass is 433 g/mol. The van der Waals surface area contributed by atoms with Gasteiger partial charge in [0.25, 0.3) is 0 Å². The maximum Gasteiger partial charge on any atom is 0.343 e. The average Bonchev–Trinajstić information content (AvgIpc) is 2.64. The van der Waals surface area contributed by atoms with Crippen molar-refractivity contribution in [2.45, 2.75) is 46.8 Å². The van der Waals surface area contributed by atoms with E-state index in [0.29, 0.717) is 16.7 Å². The SMILES string of the molecule is CC(=O)OCc1cc(C(=O)CNC(C)(C)C)ccc1OC(=O)c1ccccc1C.Cl. The Kier molecular flexibility index (Phi) is 9.21. The van der Waals surface area contributed by atoms with E-state index in [0.717, 1.165) is 5.56 Å². The number of hydrogen-bond acceptors (Lipinski definition) is 6. The van der Waals surface area contributed by atoms with Crippen molar-refractivity contribution in [2.24, 2.45) is 0 Å². The smallest absolute Gasteiger partial charge is 0.343 e. The van der Waals surface area contributed by atoms with Crippen LogP contribution in [0.4, 0.5) is 0 Å². The molecule has 0 spiro atoms. The molecule has 0 amide bonds. The number of halogens is 1. The summed E-state index contributed by atoms with van der Waals surface area (Å²) < 4.78 is 10.6. The van der Waals surface area contributed by atoms with E-state index in [9.17, 15) is 14.4 Å². The predicted octanol–water partition coefficient (Wildman–Crippen LogP) is 4.27. The molecule has 0 unspecified atom stereocenters. The highest BCUT2D eigenvalue weighted by molar-refractivity contribution is 5.98. The molecular formula is C23H28ClNO5. The summed E-state index contributed by atoms with van der Waals surface area (Å²) in [5, 5.41) is 3.14. The van der Waals surface area contributed by atoms with Gasteiger partial charge in [-0.05, 0) is 57.5 Å². The standard InChI is InChI=1S/C23H27NO5.ClH/c1-15-8-6-7-9-19(15)22(27)29-21-11-10-17(12-18(21)14-28-16(2)25)20(26)13-24-23(3,4)5;/h6-12,24H,13-14H2,1-5H3;1H. The third-order valence-electron chi connectivity index (χ3n) is 4.16. The molecule has 6 nitrogen and oxygen atoms in total. The number of benzene rings is 2. The molecule has 1 N–H and O–H groups in total. The Balaban J connectivity index is 0.00000450. The van der Waals surface area contributed by atoms with Gasteiger partial charge in [0, 0.05) is 23.6 Å². The quantitative estimate of drug-likeness (QED) is 0.399. The van der Waals surface area contributed by atoms with Gasteiger partial charge in [0.05, 0.1) is 12.1 Å². The van der Waals surface area contributed by atoms with Crippen molar-refractivity contribution in [3.63, 3.8) is 0 Å².